The first kappa shape index (κ1) is 14.6. The molecule has 1 fully saturated rings. The van der Waals surface area contributed by atoms with Gasteiger partial charge in [-0.05, 0) is 18.9 Å². The van der Waals surface area contributed by atoms with Gasteiger partial charge in [-0.15, -0.1) is 0 Å². The van der Waals surface area contributed by atoms with E-state index in [0.29, 0.717) is 24.5 Å². The van der Waals surface area contributed by atoms with Crippen LogP contribution in [0.15, 0.2) is 35.5 Å². The van der Waals surface area contributed by atoms with Crippen LogP contribution in [-0.4, -0.2) is 36.8 Å². The quantitative estimate of drug-likeness (QED) is 0.717. The van der Waals surface area contributed by atoms with E-state index in [4.69, 9.17) is 0 Å². The summed E-state index contributed by atoms with van der Waals surface area (Å²) in [5.74, 6) is 0.945. The van der Waals surface area contributed by atoms with Crippen LogP contribution in [0.5, 0.6) is 0 Å². The first-order valence-corrected chi connectivity index (χ1v) is 7.87. The predicted octanol–water partition coefficient (Wildman–Crippen LogP) is 0.662. The predicted molar refractivity (Wildman–Crippen MR) is 85.9 cm³/mol. The Bertz CT molecular complexity index is 956. The lowest BCUT2D eigenvalue weighted by molar-refractivity contribution is 0.0948. The Morgan fingerprint density at radius 2 is 2.21 bits per heavy atom. The molecular formula is C16H16N6O2. The van der Waals surface area contributed by atoms with Gasteiger partial charge in [-0.25, -0.2) is 19.7 Å². The van der Waals surface area contributed by atoms with Crippen LogP contribution in [0.25, 0.3) is 5.65 Å². The fourth-order valence-corrected chi connectivity index (χ4v) is 2.58. The van der Waals surface area contributed by atoms with Crippen LogP contribution in [-0.2, 0) is 6.42 Å². The molecule has 0 unspecified atom stereocenters. The SMILES string of the molecule is O=C(NCCc1nccc(C2CC2)n1)c1cc2nccn2c(=O)[nH]1. The number of aromatic nitrogens is 5. The zero-order valence-corrected chi connectivity index (χ0v) is 12.9. The highest BCUT2D eigenvalue weighted by molar-refractivity contribution is 5.93. The van der Waals surface area contributed by atoms with Crippen LogP contribution in [0.4, 0.5) is 0 Å². The Hall–Kier alpha value is -3.03. The van der Waals surface area contributed by atoms with Crippen LogP contribution in [0.3, 0.4) is 0 Å². The third kappa shape index (κ3) is 2.90. The molecular weight excluding hydrogens is 308 g/mol. The van der Waals surface area contributed by atoms with Crippen molar-refractivity contribution in [3.05, 3.63) is 58.4 Å². The Morgan fingerprint density at radius 3 is 3.04 bits per heavy atom. The normalized spacial score (nSPS) is 14.0. The van der Waals surface area contributed by atoms with Gasteiger partial charge in [0.25, 0.3) is 5.91 Å². The average molecular weight is 324 g/mol. The molecule has 3 heterocycles. The molecule has 8 heteroatoms. The highest BCUT2D eigenvalue weighted by Gasteiger charge is 2.25. The van der Waals surface area contributed by atoms with Crippen molar-refractivity contribution in [2.24, 2.45) is 0 Å². The topological polar surface area (TPSA) is 105 Å². The van der Waals surface area contributed by atoms with Crippen molar-refractivity contribution in [2.45, 2.75) is 25.2 Å². The van der Waals surface area contributed by atoms with Crippen LogP contribution in [0, 0.1) is 0 Å². The van der Waals surface area contributed by atoms with Crippen molar-refractivity contribution >= 4 is 11.6 Å². The molecule has 0 aliphatic heterocycles. The number of imidazole rings is 1. The molecule has 24 heavy (non-hydrogen) atoms. The third-order valence-electron chi connectivity index (χ3n) is 4.00. The minimum atomic E-state index is -0.393. The molecule has 0 radical (unpaired) electrons. The van der Waals surface area contributed by atoms with E-state index in [2.05, 4.69) is 25.3 Å². The molecule has 3 aromatic heterocycles. The Labute approximate surface area is 137 Å². The Balaban J connectivity index is 1.40. The molecule has 0 atom stereocenters. The van der Waals surface area contributed by atoms with Crippen molar-refractivity contribution in [3.8, 4) is 0 Å². The number of carbonyl (C=O) groups excluding carboxylic acids is 1. The molecule has 3 aromatic rings. The molecule has 0 bridgehead atoms. The van der Waals surface area contributed by atoms with Crippen molar-refractivity contribution in [3.63, 3.8) is 0 Å². The molecule has 4 rings (SSSR count). The summed E-state index contributed by atoms with van der Waals surface area (Å²) in [5.41, 5.74) is 1.31. The van der Waals surface area contributed by atoms with Gasteiger partial charge < -0.3 is 10.3 Å². The standard InChI is InChI=1S/C16H16N6O2/c23-15(12-9-14-18-7-8-22(14)16(24)21-12)19-6-4-13-17-5-3-11(20-13)10-1-2-10/h3,5,7-10H,1-2,4,6H2,(H,19,23)(H,21,24). The van der Waals surface area contributed by atoms with Gasteiger partial charge in [0.15, 0.2) is 0 Å². The number of carbonyl (C=O) groups is 1. The summed E-state index contributed by atoms with van der Waals surface area (Å²) >= 11 is 0. The maximum absolute atomic E-state index is 12.2. The fraction of sp³-hybridized carbons (Fsp3) is 0.312. The minimum absolute atomic E-state index is 0.186. The molecule has 1 amide bonds. The lowest BCUT2D eigenvalue weighted by Crippen LogP contribution is -2.30. The van der Waals surface area contributed by atoms with Gasteiger partial charge in [-0.1, -0.05) is 0 Å². The number of hydrogen-bond donors (Lipinski definition) is 2. The second-order valence-corrected chi connectivity index (χ2v) is 5.82. The zero-order valence-electron chi connectivity index (χ0n) is 12.9. The van der Waals surface area contributed by atoms with Crippen LogP contribution >= 0.6 is 0 Å². The molecule has 0 saturated heterocycles. The molecule has 1 saturated carbocycles. The van der Waals surface area contributed by atoms with Crippen molar-refractivity contribution in [1.82, 2.24) is 29.7 Å². The summed E-state index contributed by atoms with van der Waals surface area (Å²) in [6.07, 6.45) is 7.74. The Morgan fingerprint density at radius 1 is 1.33 bits per heavy atom. The molecule has 0 spiro atoms. The van der Waals surface area contributed by atoms with E-state index < -0.39 is 5.69 Å². The monoisotopic (exact) mass is 324 g/mol. The summed E-state index contributed by atoms with van der Waals surface area (Å²) in [6, 6.07) is 3.49. The van der Waals surface area contributed by atoms with E-state index in [-0.39, 0.29) is 11.6 Å². The molecule has 8 nitrogen and oxygen atoms in total. The minimum Gasteiger partial charge on any atom is -0.350 e. The lowest BCUT2D eigenvalue weighted by atomic mass is 10.2. The number of aromatic amines is 1. The summed E-state index contributed by atoms with van der Waals surface area (Å²) in [6.45, 7) is 0.397. The van der Waals surface area contributed by atoms with E-state index >= 15 is 0 Å². The Kier molecular flexibility index (Phi) is 3.56. The van der Waals surface area contributed by atoms with E-state index in [9.17, 15) is 9.59 Å². The first-order chi connectivity index (χ1) is 11.7. The zero-order chi connectivity index (χ0) is 16.5. The number of hydrogen-bond acceptors (Lipinski definition) is 5. The van der Waals surface area contributed by atoms with E-state index in [1.54, 1.807) is 18.5 Å². The van der Waals surface area contributed by atoms with E-state index in [1.807, 2.05) is 6.07 Å². The van der Waals surface area contributed by atoms with Gasteiger partial charge in [0.05, 0.1) is 0 Å². The van der Waals surface area contributed by atoms with Crippen molar-refractivity contribution in [1.29, 1.82) is 0 Å². The molecule has 1 aliphatic carbocycles. The van der Waals surface area contributed by atoms with E-state index in [1.165, 1.54) is 23.4 Å². The number of nitrogens with zero attached hydrogens (tertiary/aromatic N) is 4. The van der Waals surface area contributed by atoms with Crippen LogP contribution in [0.1, 0.15) is 40.8 Å². The molecule has 122 valence electrons. The number of amides is 1. The van der Waals surface area contributed by atoms with Gasteiger partial charge >= 0.3 is 5.69 Å². The third-order valence-corrected chi connectivity index (χ3v) is 4.00. The number of H-pyrrole nitrogens is 1. The second-order valence-electron chi connectivity index (χ2n) is 5.82. The maximum Gasteiger partial charge on any atom is 0.331 e. The van der Waals surface area contributed by atoms with Crippen molar-refractivity contribution in [2.75, 3.05) is 6.54 Å². The lowest BCUT2D eigenvalue weighted by Gasteiger charge is -2.06. The second kappa shape index (κ2) is 5.88. The fourth-order valence-electron chi connectivity index (χ4n) is 2.58. The first-order valence-electron chi connectivity index (χ1n) is 7.87. The summed E-state index contributed by atoms with van der Waals surface area (Å²) in [5, 5.41) is 2.77. The highest BCUT2D eigenvalue weighted by atomic mass is 16.2. The molecule has 1 aliphatic rings. The average Bonchev–Trinajstić information content (AvgIpc) is 3.33. The summed E-state index contributed by atoms with van der Waals surface area (Å²) in [4.78, 5) is 39.3. The number of rotatable bonds is 5. The highest BCUT2D eigenvalue weighted by Crippen LogP contribution is 2.38. The number of fused-ring (bicyclic) bond motifs is 1. The van der Waals surface area contributed by atoms with Crippen molar-refractivity contribution < 1.29 is 4.79 Å². The van der Waals surface area contributed by atoms with Crippen LogP contribution in [0.2, 0.25) is 0 Å². The molecule has 2 N–H and O–H groups in total. The smallest absolute Gasteiger partial charge is 0.331 e. The largest absolute Gasteiger partial charge is 0.350 e. The summed E-state index contributed by atoms with van der Waals surface area (Å²) < 4.78 is 1.34. The summed E-state index contributed by atoms with van der Waals surface area (Å²) in [7, 11) is 0. The van der Waals surface area contributed by atoms with E-state index in [0.717, 1.165) is 11.5 Å². The number of nitrogens with one attached hydrogen (secondary N) is 2. The van der Waals surface area contributed by atoms with Gasteiger partial charge in [0.1, 0.15) is 17.2 Å². The maximum atomic E-state index is 12.2. The van der Waals surface area contributed by atoms with Gasteiger partial charge in [0.2, 0.25) is 0 Å². The molecule has 0 aromatic carbocycles. The van der Waals surface area contributed by atoms with Gasteiger partial charge in [-0.2, -0.15) is 0 Å². The van der Waals surface area contributed by atoms with Crippen LogP contribution < -0.4 is 11.0 Å². The van der Waals surface area contributed by atoms with Gasteiger partial charge in [0, 0.05) is 49.2 Å². The van der Waals surface area contributed by atoms with Gasteiger partial charge in [-0.3, -0.25) is 9.20 Å².